The van der Waals surface area contributed by atoms with Crippen LogP contribution in [0.15, 0.2) is 78.9 Å². The van der Waals surface area contributed by atoms with Gasteiger partial charge in [0.2, 0.25) is 5.91 Å². The van der Waals surface area contributed by atoms with Gasteiger partial charge in [-0.25, -0.2) is 4.79 Å². The van der Waals surface area contributed by atoms with E-state index in [4.69, 9.17) is 5.11 Å². The van der Waals surface area contributed by atoms with E-state index in [0.717, 1.165) is 23.1 Å². The fourth-order valence-electron chi connectivity index (χ4n) is 4.34. The molecule has 0 saturated carbocycles. The van der Waals surface area contributed by atoms with Crippen molar-refractivity contribution in [3.8, 4) is 0 Å². The fraction of sp³-hybridized carbons (Fsp3) is 0.192. The zero-order chi connectivity index (χ0) is 21.8. The van der Waals surface area contributed by atoms with E-state index < -0.39 is 17.7 Å². The minimum absolute atomic E-state index is 0.126. The quantitative estimate of drug-likeness (QED) is 0.467. The number of ketones is 1. The van der Waals surface area contributed by atoms with E-state index in [9.17, 15) is 14.4 Å². The molecule has 0 fully saturated rings. The van der Waals surface area contributed by atoms with Gasteiger partial charge in [-0.3, -0.25) is 9.59 Å². The van der Waals surface area contributed by atoms with Crippen molar-refractivity contribution in [2.75, 3.05) is 0 Å². The van der Waals surface area contributed by atoms with Gasteiger partial charge in [-0.2, -0.15) is 0 Å². The van der Waals surface area contributed by atoms with Crippen molar-refractivity contribution in [3.63, 3.8) is 0 Å². The summed E-state index contributed by atoms with van der Waals surface area (Å²) >= 11 is 0. The molecular weight excluding hydrogens is 390 g/mol. The lowest BCUT2D eigenvalue weighted by Gasteiger charge is -2.28. The highest BCUT2D eigenvalue weighted by Crippen LogP contribution is 2.35. The number of carbonyl (C=O) groups excluding carboxylic acids is 2. The number of nitrogens with one attached hydrogen (secondary N) is 1. The summed E-state index contributed by atoms with van der Waals surface area (Å²) in [7, 11) is 0. The lowest BCUT2D eigenvalue weighted by atomic mass is 9.79. The summed E-state index contributed by atoms with van der Waals surface area (Å²) in [4.78, 5) is 36.8. The van der Waals surface area contributed by atoms with Crippen molar-refractivity contribution >= 4 is 17.7 Å². The van der Waals surface area contributed by atoms with Gasteiger partial charge in [-0.15, -0.1) is 0 Å². The van der Waals surface area contributed by atoms with Crippen LogP contribution in [-0.2, 0) is 16.0 Å². The summed E-state index contributed by atoms with van der Waals surface area (Å²) in [6.45, 7) is 0. The molecule has 156 valence electrons. The topological polar surface area (TPSA) is 83.5 Å². The first-order chi connectivity index (χ1) is 15.1. The molecule has 0 saturated heterocycles. The average Bonchev–Trinajstić information content (AvgIpc) is 2.82. The minimum Gasteiger partial charge on any atom is -0.475 e. The maximum Gasteiger partial charge on any atom is 0.377 e. The van der Waals surface area contributed by atoms with Crippen LogP contribution in [0.5, 0.6) is 0 Å². The maximum atomic E-state index is 13.4. The molecule has 2 N–H and O–H groups in total. The summed E-state index contributed by atoms with van der Waals surface area (Å²) in [5.41, 5.74) is 3.57. The molecule has 3 aromatic carbocycles. The van der Waals surface area contributed by atoms with Crippen molar-refractivity contribution in [2.24, 2.45) is 0 Å². The predicted molar refractivity (Wildman–Crippen MR) is 117 cm³/mol. The van der Waals surface area contributed by atoms with E-state index >= 15 is 0 Å². The van der Waals surface area contributed by atoms with Gasteiger partial charge in [0, 0.05) is 5.56 Å². The van der Waals surface area contributed by atoms with Crippen LogP contribution < -0.4 is 5.32 Å². The molecule has 1 unspecified atom stereocenters. The number of hydrogen-bond donors (Lipinski definition) is 2. The molecule has 0 bridgehead atoms. The molecule has 0 spiro atoms. The Kier molecular flexibility index (Phi) is 5.94. The number of fused-ring (bicyclic) bond motifs is 1. The normalized spacial score (nSPS) is 15.2. The van der Waals surface area contributed by atoms with E-state index in [-0.39, 0.29) is 17.5 Å². The predicted octanol–water partition coefficient (Wildman–Crippen LogP) is 4.28. The molecule has 3 aromatic rings. The van der Waals surface area contributed by atoms with E-state index in [1.54, 1.807) is 6.07 Å². The lowest BCUT2D eigenvalue weighted by Crippen LogP contribution is -2.35. The Labute approximate surface area is 180 Å². The van der Waals surface area contributed by atoms with Crippen LogP contribution in [0.4, 0.5) is 0 Å². The molecule has 5 heteroatoms. The third kappa shape index (κ3) is 4.26. The van der Waals surface area contributed by atoms with E-state index in [0.29, 0.717) is 18.4 Å². The molecule has 1 amide bonds. The van der Waals surface area contributed by atoms with Crippen LogP contribution in [0, 0.1) is 0 Å². The van der Waals surface area contributed by atoms with E-state index in [1.807, 2.05) is 66.7 Å². The minimum atomic E-state index is -1.48. The number of Topliss-reactive ketones (excluding diaryl/α,β-unsaturated/α-hetero) is 1. The Hall–Kier alpha value is -3.73. The number of amides is 1. The first kappa shape index (κ1) is 20.5. The SMILES string of the molecule is O=C(O)C(=O)c1cccc2c1CCCC2C(=O)NC(c1ccccc1)c1ccccc1. The zero-order valence-electron chi connectivity index (χ0n) is 17.0. The number of aliphatic carboxylic acids is 1. The van der Waals surface area contributed by atoms with Crippen molar-refractivity contribution in [3.05, 3.63) is 107 Å². The van der Waals surface area contributed by atoms with Crippen LogP contribution in [0.1, 0.15) is 57.4 Å². The average molecular weight is 413 g/mol. The molecule has 0 aromatic heterocycles. The standard InChI is InChI=1S/C26H23NO4/c28-24(26(30)31)21-15-7-14-20-19(21)13-8-16-22(20)25(29)27-23(17-9-3-1-4-10-17)18-11-5-2-6-12-18/h1-7,9-12,14-15,22-23H,8,13,16H2,(H,27,29)(H,30,31). The Bertz CT molecular complexity index is 1070. The second-order valence-corrected chi connectivity index (χ2v) is 7.72. The summed E-state index contributed by atoms with van der Waals surface area (Å²) in [6, 6.07) is 24.3. The smallest absolute Gasteiger partial charge is 0.377 e. The highest BCUT2D eigenvalue weighted by atomic mass is 16.4. The van der Waals surface area contributed by atoms with Gasteiger partial charge in [0.15, 0.2) is 0 Å². The number of rotatable bonds is 6. The second kappa shape index (κ2) is 8.96. The molecule has 0 heterocycles. The molecule has 0 radical (unpaired) electrons. The lowest BCUT2D eigenvalue weighted by molar-refractivity contribution is -0.131. The number of hydrogen-bond acceptors (Lipinski definition) is 3. The number of carboxylic acid groups (broad SMARTS) is 1. The zero-order valence-corrected chi connectivity index (χ0v) is 17.0. The highest BCUT2D eigenvalue weighted by molar-refractivity contribution is 6.40. The van der Waals surface area contributed by atoms with Crippen LogP contribution in [0.2, 0.25) is 0 Å². The molecule has 1 aliphatic carbocycles. The second-order valence-electron chi connectivity index (χ2n) is 7.72. The Morgan fingerprint density at radius 2 is 1.45 bits per heavy atom. The number of carboxylic acids is 1. The number of carbonyl (C=O) groups is 3. The Balaban J connectivity index is 1.67. The van der Waals surface area contributed by atoms with Gasteiger partial charge < -0.3 is 10.4 Å². The van der Waals surface area contributed by atoms with Crippen LogP contribution in [0.25, 0.3) is 0 Å². The molecule has 5 nitrogen and oxygen atoms in total. The van der Waals surface area contributed by atoms with Crippen LogP contribution >= 0.6 is 0 Å². The molecular formula is C26H23NO4. The van der Waals surface area contributed by atoms with Gasteiger partial charge in [0.1, 0.15) is 0 Å². The van der Waals surface area contributed by atoms with Crippen LogP contribution in [0.3, 0.4) is 0 Å². The summed E-state index contributed by atoms with van der Waals surface area (Å²) in [6.07, 6.45) is 1.96. The van der Waals surface area contributed by atoms with Gasteiger partial charge in [-0.05, 0) is 41.5 Å². The van der Waals surface area contributed by atoms with Crippen molar-refractivity contribution < 1.29 is 19.5 Å². The van der Waals surface area contributed by atoms with E-state index in [1.165, 1.54) is 6.07 Å². The van der Waals surface area contributed by atoms with Gasteiger partial charge in [-0.1, -0.05) is 78.9 Å². The fourth-order valence-corrected chi connectivity index (χ4v) is 4.34. The molecule has 1 aliphatic rings. The molecule has 1 atom stereocenters. The molecule has 31 heavy (non-hydrogen) atoms. The van der Waals surface area contributed by atoms with Gasteiger partial charge in [0.25, 0.3) is 5.78 Å². The first-order valence-corrected chi connectivity index (χ1v) is 10.4. The Morgan fingerprint density at radius 1 is 0.839 bits per heavy atom. The third-order valence-electron chi connectivity index (χ3n) is 5.82. The van der Waals surface area contributed by atoms with Gasteiger partial charge >= 0.3 is 5.97 Å². The number of benzene rings is 3. The van der Waals surface area contributed by atoms with Crippen molar-refractivity contribution in [1.82, 2.24) is 5.32 Å². The summed E-state index contributed by atoms with van der Waals surface area (Å²) in [5.74, 6) is -2.96. The molecule has 4 rings (SSSR count). The van der Waals surface area contributed by atoms with Crippen molar-refractivity contribution in [1.29, 1.82) is 0 Å². The Morgan fingerprint density at radius 3 is 2.03 bits per heavy atom. The third-order valence-corrected chi connectivity index (χ3v) is 5.82. The summed E-state index contributed by atoms with van der Waals surface area (Å²) < 4.78 is 0. The monoisotopic (exact) mass is 413 g/mol. The van der Waals surface area contributed by atoms with E-state index in [2.05, 4.69) is 5.32 Å². The summed E-state index contributed by atoms with van der Waals surface area (Å²) in [5, 5.41) is 12.3. The highest BCUT2D eigenvalue weighted by Gasteiger charge is 2.31. The largest absolute Gasteiger partial charge is 0.475 e. The maximum absolute atomic E-state index is 13.4. The van der Waals surface area contributed by atoms with Crippen LogP contribution in [-0.4, -0.2) is 22.8 Å². The van der Waals surface area contributed by atoms with Crippen molar-refractivity contribution in [2.45, 2.75) is 31.2 Å². The molecule has 0 aliphatic heterocycles. The van der Waals surface area contributed by atoms with Gasteiger partial charge in [0.05, 0.1) is 12.0 Å². The first-order valence-electron chi connectivity index (χ1n) is 10.4.